The van der Waals surface area contributed by atoms with Crippen LogP contribution in [-0.2, 0) is 6.42 Å². The van der Waals surface area contributed by atoms with Gasteiger partial charge >= 0.3 is 0 Å². The molecule has 1 aromatic carbocycles. The number of nitrogens with two attached hydrogens (primary N) is 1. The van der Waals surface area contributed by atoms with E-state index in [0.29, 0.717) is 0 Å². The maximum Gasteiger partial charge on any atom is 0.141 e. The van der Waals surface area contributed by atoms with E-state index >= 15 is 0 Å². The number of aromatic nitrogens is 1. The molecule has 0 amide bonds. The fourth-order valence-corrected chi connectivity index (χ4v) is 3.10. The van der Waals surface area contributed by atoms with Gasteiger partial charge in [-0.3, -0.25) is 0 Å². The minimum absolute atomic E-state index is 0.111. The number of hydrogen-bond donors (Lipinski definition) is 1. The van der Waals surface area contributed by atoms with E-state index < -0.39 is 0 Å². The van der Waals surface area contributed by atoms with Gasteiger partial charge < -0.3 is 10.3 Å². The summed E-state index contributed by atoms with van der Waals surface area (Å²) in [5.74, 6) is -0.388. The van der Waals surface area contributed by atoms with Crippen LogP contribution in [0.2, 0.25) is 5.02 Å². The lowest BCUT2D eigenvalue weighted by Gasteiger charge is -2.21. The lowest BCUT2D eigenvalue weighted by molar-refractivity contribution is 0.559. The summed E-state index contributed by atoms with van der Waals surface area (Å²) in [5, 5.41) is 0.152. The Morgan fingerprint density at radius 3 is 2.89 bits per heavy atom. The first kappa shape index (κ1) is 12.7. The van der Waals surface area contributed by atoms with Crippen molar-refractivity contribution in [2.24, 2.45) is 5.73 Å². The van der Waals surface area contributed by atoms with Crippen molar-refractivity contribution in [3.8, 4) is 5.69 Å². The van der Waals surface area contributed by atoms with Crippen LogP contribution in [0.3, 0.4) is 0 Å². The summed E-state index contributed by atoms with van der Waals surface area (Å²) in [6, 6.07) is 7.08. The molecule has 3 rings (SSSR count). The Hall–Kier alpha value is -1.32. The highest BCUT2D eigenvalue weighted by Gasteiger charge is 2.22. The van der Waals surface area contributed by atoms with Gasteiger partial charge in [0, 0.05) is 23.1 Å². The maximum atomic E-state index is 13.3. The Balaban J connectivity index is 2.17. The Bertz CT molecular complexity index is 633. The zero-order valence-electron chi connectivity index (χ0n) is 10.8. The molecule has 19 heavy (non-hydrogen) atoms. The van der Waals surface area contributed by atoms with Gasteiger partial charge in [0.25, 0.3) is 0 Å². The highest BCUT2D eigenvalue weighted by atomic mass is 35.5. The molecule has 1 aliphatic rings. The maximum absolute atomic E-state index is 13.3. The van der Waals surface area contributed by atoms with E-state index in [1.165, 1.54) is 17.3 Å². The Morgan fingerprint density at radius 2 is 2.16 bits per heavy atom. The Morgan fingerprint density at radius 1 is 1.37 bits per heavy atom. The first-order valence-electron chi connectivity index (χ1n) is 6.50. The lowest BCUT2D eigenvalue weighted by Crippen LogP contribution is -2.17. The summed E-state index contributed by atoms with van der Waals surface area (Å²) in [7, 11) is 0. The number of fused-ring (bicyclic) bond motifs is 1. The SMILES string of the molecule is Cc1cc2c(n1-c1ccc(F)c(Cl)c1)CCCC2N. The third kappa shape index (κ3) is 2.07. The van der Waals surface area contributed by atoms with Crippen LogP contribution >= 0.6 is 11.6 Å². The first-order valence-corrected chi connectivity index (χ1v) is 6.88. The summed E-state index contributed by atoms with van der Waals surface area (Å²) >= 11 is 5.88. The Kier molecular flexibility index (Phi) is 3.11. The van der Waals surface area contributed by atoms with E-state index in [4.69, 9.17) is 17.3 Å². The average molecular weight is 279 g/mol. The largest absolute Gasteiger partial charge is 0.324 e. The second kappa shape index (κ2) is 4.66. The monoisotopic (exact) mass is 278 g/mol. The van der Waals surface area contributed by atoms with E-state index in [1.807, 2.05) is 6.92 Å². The molecule has 1 heterocycles. The molecular weight excluding hydrogens is 263 g/mol. The van der Waals surface area contributed by atoms with Gasteiger partial charge in [-0.25, -0.2) is 4.39 Å². The Labute approximate surface area is 117 Å². The van der Waals surface area contributed by atoms with Gasteiger partial charge in [0.05, 0.1) is 5.02 Å². The highest BCUT2D eigenvalue weighted by Crippen LogP contribution is 2.33. The number of nitrogens with zero attached hydrogens (tertiary/aromatic N) is 1. The fourth-order valence-electron chi connectivity index (χ4n) is 2.92. The standard InChI is InChI=1S/C15H16ClFN2/c1-9-7-11-14(18)3-2-4-15(11)19(9)10-5-6-13(17)12(16)8-10/h5-8,14H,2-4,18H2,1H3. The van der Waals surface area contributed by atoms with Crippen LogP contribution in [0.15, 0.2) is 24.3 Å². The van der Waals surface area contributed by atoms with Crippen LogP contribution in [0.1, 0.15) is 35.8 Å². The van der Waals surface area contributed by atoms with Crippen LogP contribution in [0.5, 0.6) is 0 Å². The molecule has 0 aliphatic heterocycles. The molecule has 4 heteroatoms. The molecule has 1 atom stereocenters. The van der Waals surface area contributed by atoms with Crippen molar-refractivity contribution in [2.75, 3.05) is 0 Å². The second-order valence-corrected chi connectivity index (χ2v) is 5.53. The minimum Gasteiger partial charge on any atom is -0.324 e. The molecule has 0 radical (unpaired) electrons. The van der Waals surface area contributed by atoms with Crippen LogP contribution < -0.4 is 5.73 Å². The molecule has 100 valence electrons. The van der Waals surface area contributed by atoms with Crippen molar-refractivity contribution >= 4 is 11.6 Å². The molecule has 0 saturated heterocycles. The average Bonchev–Trinajstić information content (AvgIpc) is 2.71. The minimum atomic E-state index is -0.388. The second-order valence-electron chi connectivity index (χ2n) is 5.12. The molecule has 2 N–H and O–H groups in total. The number of rotatable bonds is 1. The van der Waals surface area contributed by atoms with E-state index in [-0.39, 0.29) is 16.9 Å². The number of hydrogen-bond acceptors (Lipinski definition) is 1. The predicted molar refractivity (Wildman–Crippen MR) is 75.3 cm³/mol. The summed E-state index contributed by atoms with van der Waals surface area (Å²) in [5.41, 5.74) is 10.6. The van der Waals surface area contributed by atoms with Crippen molar-refractivity contribution in [3.05, 3.63) is 52.1 Å². The third-order valence-electron chi connectivity index (χ3n) is 3.81. The smallest absolute Gasteiger partial charge is 0.141 e. The quantitative estimate of drug-likeness (QED) is 0.842. The van der Waals surface area contributed by atoms with Crippen molar-refractivity contribution in [1.82, 2.24) is 4.57 Å². The van der Waals surface area contributed by atoms with Crippen LogP contribution in [-0.4, -0.2) is 4.57 Å². The molecule has 0 fully saturated rings. The zero-order valence-corrected chi connectivity index (χ0v) is 11.5. The molecule has 2 aromatic rings. The molecule has 1 unspecified atom stereocenters. The summed E-state index contributed by atoms with van der Waals surface area (Å²) in [6.45, 7) is 2.04. The number of aryl methyl sites for hydroxylation is 1. The molecule has 0 saturated carbocycles. The molecule has 1 aromatic heterocycles. The molecule has 1 aliphatic carbocycles. The van der Waals surface area contributed by atoms with Crippen molar-refractivity contribution in [3.63, 3.8) is 0 Å². The van der Waals surface area contributed by atoms with Crippen LogP contribution in [0.4, 0.5) is 4.39 Å². The van der Waals surface area contributed by atoms with E-state index in [9.17, 15) is 4.39 Å². The van der Waals surface area contributed by atoms with Crippen LogP contribution in [0.25, 0.3) is 5.69 Å². The molecular formula is C15H16ClFN2. The van der Waals surface area contributed by atoms with Gasteiger partial charge in [0.15, 0.2) is 0 Å². The first-order chi connectivity index (χ1) is 9.08. The fraction of sp³-hybridized carbons (Fsp3) is 0.333. The van der Waals surface area contributed by atoms with Crippen molar-refractivity contribution < 1.29 is 4.39 Å². The molecule has 0 spiro atoms. The third-order valence-corrected chi connectivity index (χ3v) is 4.10. The molecule has 2 nitrogen and oxygen atoms in total. The normalized spacial score (nSPS) is 18.4. The van der Waals surface area contributed by atoms with Gasteiger partial charge in [-0.15, -0.1) is 0 Å². The van der Waals surface area contributed by atoms with Gasteiger partial charge in [-0.05, 0) is 56.0 Å². The lowest BCUT2D eigenvalue weighted by atomic mass is 9.93. The topological polar surface area (TPSA) is 30.9 Å². The summed E-state index contributed by atoms with van der Waals surface area (Å²) in [6.07, 6.45) is 3.12. The van der Waals surface area contributed by atoms with Gasteiger partial charge in [0.2, 0.25) is 0 Å². The molecule has 0 bridgehead atoms. The highest BCUT2D eigenvalue weighted by molar-refractivity contribution is 6.30. The van der Waals surface area contributed by atoms with E-state index in [0.717, 1.165) is 30.6 Å². The predicted octanol–water partition coefficient (Wildman–Crippen LogP) is 3.91. The summed E-state index contributed by atoms with van der Waals surface area (Å²) in [4.78, 5) is 0. The summed E-state index contributed by atoms with van der Waals surface area (Å²) < 4.78 is 15.4. The zero-order chi connectivity index (χ0) is 13.6. The van der Waals surface area contributed by atoms with E-state index in [2.05, 4.69) is 10.6 Å². The van der Waals surface area contributed by atoms with Crippen LogP contribution in [0, 0.1) is 12.7 Å². The van der Waals surface area contributed by atoms with Crippen molar-refractivity contribution in [1.29, 1.82) is 0 Å². The van der Waals surface area contributed by atoms with Gasteiger partial charge in [-0.1, -0.05) is 11.6 Å². The number of halogens is 2. The van der Waals surface area contributed by atoms with Crippen molar-refractivity contribution in [2.45, 2.75) is 32.2 Å². The van der Waals surface area contributed by atoms with Gasteiger partial charge in [-0.2, -0.15) is 0 Å². The van der Waals surface area contributed by atoms with Gasteiger partial charge in [0.1, 0.15) is 5.82 Å². The number of benzene rings is 1. The van der Waals surface area contributed by atoms with E-state index in [1.54, 1.807) is 12.1 Å².